The van der Waals surface area contributed by atoms with Gasteiger partial charge in [-0.05, 0) is 138 Å². The molecule has 2 aliphatic heterocycles. The molecule has 51 heavy (non-hydrogen) atoms. The van der Waals surface area contributed by atoms with E-state index in [2.05, 4.69) is 108 Å². The molecule has 3 aliphatic rings. The van der Waals surface area contributed by atoms with E-state index < -0.39 is 0 Å². The molecule has 0 radical (unpaired) electrons. The highest BCUT2D eigenvalue weighted by atomic mass is 16.5. The summed E-state index contributed by atoms with van der Waals surface area (Å²) in [6.45, 7) is 1.05. The second-order valence-corrected chi connectivity index (χ2v) is 13.4. The van der Waals surface area contributed by atoms with Crippen LogP contribution in [0.3, 0.4) is 0 Å². The summed E-state index contributed by atoms with van der Waals surface area (Å²) < 4.78 is 23.3. The van der Waals surface area contributed by atoms with Crippen molar-refractivity contribution in [2.75, 3.05) is 18.1 Å². The lowest BCUT2D eigenvalue weighted by Gasteiger charge is -2.27. The Morgan fingerprint density at radius 2 is 1.14 bits per heavy atom. The fraction of sp³-hybridized carbons (Fsp3) is 0.217. The average molecular weight is 674 g/mol. The molecule has 0 N–H and O–H groups in total. The monoisotopic (exact) mass is 673 g/mol. The maximum atomic E-state index is 6.05. The molecule has 2 heterocycles. The average Bonchev–Trinajstić information content (AvgIpc) is 3.92. The first-order valence-electron chi connectivity index (χ1n) is 18.1. The molecule has 2 atom stereocenters. The number of nitrogens with zero attached hydrogens (tertiary/aromatic N) is 1. The Labute approximate surface area is 301 Å². The molecule has 5 heteroatoms. The third kappa shape index (κ3) is 7.89. The highest BCUT2D eigenvalue weighted by Gasteiger charge is 2.17. The molecule has 0 saturated carbocycles. The number of aryl methyl sites for hydroxylation is 2. The lowest BCUT2D eigenvalue weighted by atomic mass is 9.91. The van der Waals surface area contributed by atoms with E-state index in [0.29, 0.717) is 13.2 Å². The zero-order valence-corrected chi connectivity index (χ0v) is 28.8. The van der Waals surface area contributed by atoms with Gasteiger partial charge in [-0.15, -0.1) is 0 Å². The number of rotatable bonds is 12. The quantitative estimate of drug-likeness (QED) is 0.123. The number of anilines is 3. The third-order valence-corrected chi connectivity index (χ3v) is 9.80. The van der Waals surface area contributed by atoms with Gasteiger partial charge in [0.2, 0.25) is 0 Å². The Morgan fingerprint density at radius 3 is 1.71 bits per heavy atom. The van der Waals surface area contributed by atoms with Crippen LogP contribution < -0.4 is 14.4 Å². The van der Waals surface area contributed by atoms with Gasteiger partial charge in [-0.25, -0.2) is 0 Å². The van der Waals surface area contributed by atoms with Crippen molar-refractivity contribution in [3.05, 3.63) is 174 Å². The van der Waals surface area contributed by atoms with Gasteiger partial charge in [-0.2, -0.15) is 0 Å². The van der Waals surface area contributed by atoms with Gasteiger partial charge in [-0.1, -0.05) is 60.7 Å². The van der Waals surface area contributed by atoms with Gasteiger partial charge in [0.05, 0.1) is 12.5 Å². The fourth-order valence-electron chi connectivity index (χ4n) is 7.02. The van der Waals surface area contributed by atoms with Crippen LogP contribution in [0.4, 0.5) is 17.1 Å². The van der Waals surface area contributed by atoms with Crippen molar-refractivity contribution in [3.8, 4) is 11.5 Å². The van der Waals surface area contributed by atoms with E-state index in [1.165, 1.54) is 36.1 Å². The van der Waals surface area contributed by atoms with E-state index in [1.807, 2.05) is 36.4 Å². The molecule has 256 valence electrons. The molecule has 5 aromatic carbocycles. The summed E-state index contributed by atoms with van der Waals surface area (Å²) in [5.41, 5.74) is 10.9. The second kappa shape index (κ2) is 15.5. The summed E-state index contributed by atoms with van der Waals surface area (Å²) in [6, 6.07) is 43.2. The van der Waals surface area contributed by atoms with E-state index in [9.17, 15) is 0 Å². The molecule has 2 unspecified atom stereocenters. The number of benzene rings is 5. The largest absolute Gasteiger partial charge is 0.494 e. The van der Waals surface area contributed by atoms with Crippen molar-refractivity contribution in [3.63, 3.8) is 0 Å². The van der Waals surface area contributed by atoms with Crippen LogP contribution in [0.15, 0.2) is 146 Å². The van der Waals surface area contributed by atoms with Gasteiger partial charge in [0, 0.05) is 29.9 Å². The van der Waals surface area contributed by atoms with Crippen LogP contribution in [0.1, 0.15) is 53.5 Å². The van der Waals surface area contributed by atoms with Gasteiger partial charge < -0.3 is 23.8 Å². The van der Waals surface area contributed by atoms with Gasteiger partial charge >= 0.3 is 0 Å². The van der Waals surface area contributed by atoms with Gasteiger partial charge in [0.25, 0.3) is 0 Å². The van der Waals surface area contributed by atoms with Crippen LogP contribution in [0.2, 0.25) is 0 Å². The predicted octanol–water partition coefficient (Wildman–Crippen LogP) is 11.0. The van der Waals surface area contributed by atoms with Crippen molar-refractivity contribution in [1.29, 1.82) is 0 Å². The zero-order valence-electron chi connectivity index (χ0n) is 28.8. The van der Waals surface area contributed by atoms with Gasteiger partial charge in [0.15, 0.2) is 0 Å². The lowest BCUT2D eigenvalue weighted by molar-refractivity contribution is 0.108. The summed E-state index contributed by atoms with van der Waals surface area (Å²) in [7, 11) is 0. The van der Waals surface area contributed by atoms with Crippen LogP contribution in [0.25, 0.3) is 11.6 Å². The van der Waals surface area contributed by atoms with E-state index in [1.54, 1.807) is 12.5 Å². The zero-order chi connectivity index (χ0) is 34.2. The molecule has 5 aromatic rings. The molecular weight excluding hydrogens is 631 g/mol. The summed E-state index contributed by atoms with van der Waals surface area (Å²) in [5, 5.41) is 0. The number of hydrogen-bond acceptors (Lipinski definition) is 5. The Kier molecular flexibility index (Phi) is 9.87. The highest BCUT2D eigenvalue weighted by molar-refractivity contribution is 5.92. The Hall–Kier alpha value is -5.68. The van der Waals surface area contributed by atoms with Crippen LogP contribution in [-0.4, -0.2) is 25.4 Å². The maximum absolute atomic E-state index is 6.05. The first kappa shape index (κ1) is 32.5. The van der Waals surface area contributed by atoms with Crippen molar-refractivity contribution >= 4 is 28.7 Å². The van der Waals surface area contributed by atoms with E-state index in [-0.39, 0.29) is 12.2 Å². The molecule has 0 fully saturated rings. The van der Waals surface area contributed by atoms with Crippen LogP contribution in [0, 0.1) is 0 Å². The molecule has 8 rings (SSSR count). The lowest BCUT2D eigenvalue weighted by Crippen LogP contribution is -2.16. The molecule has 0 bridgehead atoms. The molecule has 1 aliphatic carbocycles. The number of fused-ring (bicyclic) bond motifs is 1. The van der Waals surface area contributed by atoms with E-state index in [4.69, 9.17) is 18.9 Å². The maximum Gasteiger partial charge on any atom is 0.135 e. The standard InChI is InChI=1S/C46H43NO4/c1-2-10-39(11-3-1)47(41-23-16-35-8-4-5-9-38(35)31-41)40-21-14-34(15-22-40)30-46(36-17-24-42(25-18-36)50-32-44-12-6-28-48-44)37-19-26-43(27-20-37)51-33-45-13-7-29-49-45/h1-3,6-7,10-11,14-31,44-45H,4-5,8-9,12-13,32-33H2. The first-order valence-corrected chi connectivity index (χ1v) is 18.1. The SMILES string of the molecule is C1=COC(COc2ccc(C(=Cc3ccc(N(c4ccccc4)c4ccc5c(c4)CCCC5)cc3)c3ccc(OCC4CC=CO4)cc3)cc2)C1. The van der Waals surface area contributed by atoms with Gasteiger partial charge in [0.1, 0.15) is 36.9 Å². The summed E-state index contributed by atoms with van der Waals surface area (Å²) in [6.07, 6.45) is 16.6. The molecule has 5 nitrogen and oxygen atoms in total. The van der Waals surface area contributed by atoms with Gasteiger partial charge in [-0.3, -0.25) is 0 Å². The normalized spacial score (nSPS) is 17.3. The smallest absolute Gasteiger partial charge is 0.135 e. The first-order chi connectivity index (χ1) is 25.2. The van der Waals surface area contributed by atoms with Crippen molar-refractivity contribution in [1.82, 2.24) is 0 Å². The third-order valence-electron chi connectivity index (χ3n) is 9.80. The minimum atomic E-state index is 0.0744. The minimum Gasteiger partial charge on any atom is -0.494 e. The second-order valence-electron chi connectivity index (χ2n) is 13.4. The topological polar surface area (TPSA) is 40.2 Å². The highest BCUT2D eigenvalue weighted by Crippen LogP contribution is 2.37. The Bertz CT molecular complexity index is 1910. The van der Waals surface area contributed by atoms with Crippen molar-refractivity contribution in [2.45, 2.75) is 50.7 Å². The molecular formula is C46H43NO4. The number of hydrogen-bond donors (Lipinski definition) is 0. The fourth-order valence-corrected chi connectivity index (χ4v) is 7.02. The summed E-state index contributed by atoms with van der Waals surface area (Å²) in [5.74, 6) is 1.65. The molecule has 0 spiro atoms. The predicted molar refractivity (Wildman–Crippen MR) is 206 cm³/mol. The number of ether oxygens (including phenoxy) is 4. The molecule has 0 saturated heterocycles. The Morgan fingerprint density at radius 1 is 0.588 bits per heavy atom. The summed E-state index contributed by atoms with van der Waals surface area (Å²) >= 11 is 0. The van der Waals surface area contributed by atoms with E-state index >= 15 is 0 Å². The minimum absolute atomic E-state index is 0.0744. The molecule has 0 aromatic heterocycles. The van der Waals surface area contributed by atoms with E-state index in [0.717, 1.165) is 64.4 Å². The van der Waals surface area contributed by atoms with Crippen molar-refractivity contribution < 1.29 is 18.9 Å². The molecule has 0 amide bonds. The van der Waals surface area contributed by atoms with Crippen LogP contribution in [-0.2, 0) is 22.3 Å². The number of para-hydroxylation sites is 1. The Balaban J connectivity index is 1.08. The van der Waals surface area contributed by atoms with Crippen LogP contribution in [0.5, 0.6) is 11.5 Å². The van der Waals surface area contributed by atoms with Crippen molar-refractivity contribution in [2.24, 2.45) is 0 Å². The summed E-state index contributed by atoms with van der Waals surface area (Å²) in [4.78, 5) is 2.36. The van der Waals surface area contributed by atoms with Crippen LogP contribution >= 0.6 is 0 Å².